The van der Waals surface area contributed by atoms with Crippen molar-refractivity contribution in [1.82, 2.24) is 0 Å². The zero-order chi connectivity index (χ0) is 20.3. The van der Waals surface area contributed by atoms with Gasteiger partial charge >= 0.3 is 5.97 Å². The molecule has 0 spiro atoms. The van der Waals surface area contributed by atoms with Crippen LogP contribution in [0.15, 0.2) is 48.5 Å². The minimum absolute atomic E-state index is 0.106. The van der Waals surface area contributed by atoms with Gasteiger partial charge in [-0.15, -0.1) is 0 Å². The Balaban J connectivity index is 1.64. The van der Waals surface area contributed by atoms with Crippen molar-refractivity contribution in [3.05, 3.63) is 59.7 Å². The first kappa shape index (κ1) is 19.6. The minimum atomic E-state index is -1.06. The van der Waals surface area contributed by atoms with E-state index in [4.69, 9.17) is 5.11 Å². The molecule has 7 nitrogen and oxygen atoms in total. The van der Waals surface area contributed by atoms with Crippen LogP contribution in [0.4, 0.5) is 16.2 Å². The number of aromatic carboxylic acids is 1. The SMILES string of the molecule is CCc1ccc(N2C(=O)SC(CC(=O)Nc3ccc(C(=O)O)cc3)C2=O)cc1. The van der Waals surface area contributed by atoms with E-state index >= 15 is 0 Å². The third-order valence-corrected chi connectivity index (χ3v) is 5.35. The number of carboxylic acids is 1. The van der Waals surface area contributed by atoms with E-state index < -0.39 is 28.3 Å². The predicted octanol–water partition coefficient (Wildman–Crippen LogP) is 3.54. The highest BCUT2D eigenvalue weighted by atomic mass is 32.2. The van der Waals surface area contributed by atoms with E-state index in [9.17, 15) is 19.2 Å². The Morgan fingerprint density at radius 1 is 1.07 bits per heavy atom. The lowest BCUT2D eigenvalue weighted by Gasteiger charge is -2.14. The number of carbonyl (C=O) groups excluding carboxylic acids is 3. The second-order valence-electron chi connectivity index (χ2n) is 6.20. The first-order valence-electron chi connectivity index (χ1n) is 8.65. The fourth-order valence-electron chi connectivity index (χ4n) is 2.78. The molecule has 0 aliphatic carbocycles. The Kier molecular flexibility index (Phi) is 5.79. The largest absolute Gasteiger partial charge is 0.478 e. The maximum absolute atomic E-state index is 12.6. The molecule has 28 heavy (non-hydrogen) atoms. The van der Waals surface area contributed by atoms with Gasteiger partial charge < -0.3 is 10.4 Å². The molecule has 3 rings (SSSR count). The van der Waals surface area contributed by atoms with Crippen molar-refractivity contribution in [3.63, 3.8) is 0 Å². The normalized spacial score (nSPS) is 16.3. The van der Waals surface area contributed by atoms with Crippen LogP contribution in [-0.2, 0) is 16.0 Å². The zero-order valence-corrected chi connectivity index (χ0v) is 15.9. The summed E-state index contributed by atoms with van der Waals surface area (Å²) in [4.78, 5) is 49.1. The third-order valence-electron chi connectivity index (χ3n) is 4.31. The van der Waals surface area contributed by atoms with Gasteiger partial charge in [0.25, 0.3) is 5.24 Å². The number of carboxylic acid groups (broad SMARTS) is 1. The smallest absolute Gasteiger partial charge is 0.335 e. The van der Waals surface area contributed by atoms with Crippen LogP contribution in [0.5, 0.6) is 0 Å². The molecule has 2 aromatic rings. The van der Waals surface area contributed by atoms with Crippen LogP contribution < -0.4 is 10.2 Å². The van der Waals surface area contributed by atoms with E-state index in [-0.39, 0.29) is 12.0 Å². The summed E-state index contributed by atoms with van der Waals surface area (Å²) in [6, 6.07) is 12.9. The van der Waals surface area contributed by atoms with Crippen LogP contribution in [0.2, 0.25) is 0 Å². The lowest BCUT2D eigenvalue weighted by Crippen LogP contribution is -2.32. The Labute approximate surface area is 165 Å². The molecule has 0 bridgehead atoms. The average molecular weight is 398 g/mol. The Morgan fingerprint density at radius 2 is 1.71 bits per heavy atom. The molecule has 0 aromatic heterocycles. The molecule has 144 valence electrons. The third kappa shape index (κ3) is 4.23. The van der Waals surface area contributed by atoms with Gasteiger partial charge in [0.05, 0.1) is 11.3 Å². The van der Waals surface area contributed by atoms with Crippen LogP contribution in [0, 0.1) is 0 Å². The number of rotatable bonds is 6. The summed E-state index contributed by atoms with van der Waals surface area (Å²) < 4.78 is 0. The quantitative estimate of drug-likeness (QED) is 0.771. The maximum Gasteiger partial charge on any atom is 0.335 e. The van der Waals surface area contributed by atoms with Crippen molar-refractivity contribution in [2.75, 3.05) is 10.2 Å². The summed E-state index contributed by atoms with van der Waals surface area (Å²) in [6.45, 7) is 2.01. The molecular weight excluding hydrogens is 380 g/mol. The van der Waals surface area contributed by atoms with Crippen LogP contribution in [0.25, 0.3) is 0 Å². The molecule has 1 aliphatic rings. The minimum Gasteiger partial charge on any atom is -0.478 e. The van der Waals surface area contributed by atoms with Gasteiger partial charge in [-0.25, -0.2) is 9.69 Å². The number of imide groups is 1. The topological polar surface area (TPSA) is 104 Å². The van der Waals surface area contributed by atoms with Gasteiger partial charge in [0.2, 0.25) is 11.8 Å². The van der Waals surface area contributed by atoms with Gasteiger partial charge in [0.15, 0.2) is 0 Å². The highest BCUT2D eigenvalue weighted by molar-refractivity contribution is 8.15. The van der Waals surface area contributed by atoms with E-state index in [0.717, 1.165) is 28.6 Å². The van der Waals surface area contributed by atoms with E-state index in [0.29, 0.717) is 11.4 Å². The monoisotopic (exact) mass is 398 g/mol. The second kappa shape index (κ2) is 8.26. The van der Waals surface area contributed by atoms with E-state index in [1.807, 2.05) is 19.1 Å². The molecule has 2 aromatic carbocycles. The van der Waals surface area contributed by atoms with Crippen LogP contribution in [-0.4, -0.2) is 33.4 Å². The molecule has 3 amide bonds. The van der Waals surface area contributed by atoms with Gasteiger partial charge in [-0.1, -0.05) is 19.1 Å². The van der Waals surface area contributed by atoms with Gasteiger partial charge in [-0.2, -0.15) is 0 Å². The number of thioether (sulfide) groups is 1. The lowest BCUT2D eigenvalue weighted by molar-refractivity contribution is -0.121. The fourth-order valence-corrected chi connectivity index (χ4v) is 3.76. The van der Waals surface area contributed by atoms with Crippen molar-refractivity contribution in [2.45, 2.75) is 25.0 Å². The molecule has 2 N–H and O–H groups in total. The standard InChI is InChI=1S/C20H18N2O5S/c1-2-12-3-9-15(10-4-12)22-18(24)16(28-20(22)27)11-17(23)21-14-7-5-13(6-8-14)19(25)26/h3-10,16H,2,11H2,1H3,(H,21,23)(H,25,26). The molecular formula is C20H18N2O5S. The van der Waals surface area contributed by atoms with Crippen molar-refractivity contribution < 1.29 is 24.3 Å². The molecule has 1 unspecified atom stereocenters. The average Bonchev–Trinajstić information content (AvgIpc) is 2.95. The first-order chi connectivity index (χ1) is 13.4. The number of nitrogens with zero attached hydrogens (tertiary/aromatic N) is 1. The molecule has 8 heteroatoms. The number of carbonyl (C=O) groups is 4. The molecule has 0 radical (unpaired) electrons. The number of benzene rings is 2. The van der Waals surface area contributed by atoms with E-state index in [1.54, 1.807) is 12.1 Å². The summed E-state index contributed by atoms with van der Waals surface area (Å²) in [6.07, 6.45) is 0.701. The Bertz CT molecular complexity index is 925. The van der Waals surface area contributed by atoms with Crippen LogP contribution in [0.1, 0.15) is 29.3 Å². The zero-order valence-electron chi connectivity index (χ0n) is 15.0. The maximum atomic E-state index is 12.6. The number of hydrogen-bond donors (Lipinski definition) is 2. The van der Waals surface area contributed by atoms with E-state index in [1.165, 1.54) is 24.3 Å². The molecule has 1 fully saturated rings. The van der Waals surface area contributed by atoms with E-state index in [2.05, 4.69) is 5.32 Å². The molecule has 1 heterocycles. The summed E-state index contributed by atoms with van der Waals surface area (Å²) >= 11 is 0.831. The van der Waals surface area contributed by atoms with Crippen molar-refractivity contribution in [2.24, 2.45) is 0 Å². The number of aryl methyl sites for hydroxylation is 1. The van der Waals surface area contributed by atoms with Gasteiger partial charge in [0, 0.05) is 12.1 Å². The number of amides is 3. The van der Waals surface area contributed by atoms with Crippen molar-refractivity contribution in [3.8, 4) is 0 Å². The Hall–Kier alpha value is -3.13. The lowest BCUT2D eigenvalue weighted by atomic mass is 10.1. The summed E-state index contributed by atoms with van der Waals surface area (Å²) in [5.74, 6) is -1.91. The number of anilines is 2. The summed E-state index contributed by atoms with van der Waals surface area (Å²) in [5.41, 5.74) is 2.12. The molecule has 1 saturated heterocycles. The second-order valence-corrected chi connectivity index (χ2v) is 7.35. The molecule has 0 saturated carbocycles. The first-order valence-corrected chi connectivity index (χ1v) is 9.53. The van der Waals surface area contributed by atoms with Gasteiger partial charge in [-0.05, 0) is 60.1 Å². The fraction of sp³-hybridized carbons (Fsp3) is 0.200. The summed E-state index contributed by atoms with van der Waals surface area (Å²) in [5, 5.41) is 10.3. The van der Waals surface area contributed by atoms with Gasteiger partial charge in [-0.3, -0.25) is 14.4 Å². The number of nitrogens with one attached hydrogen (secondary N) is 1. The van der Waals surface area contributed by atoms with Crippen LogP contribution in [0.3, 0.4) is 0 Å². The van der Waals surface area contributed by atoms with Crippen molar-refractivity contribution in [1.29, 1.82) is 0 Å². The Morgan fingerprint density at radius 3 is 2.29 bits per heavy atom. The molecule has 1 aliphatic heterocycles. The predicted molar refractivity (Wildman–Crippen MR) is 107 cm³/mol. The molecule has 1 atom stereocenters. The highest BCUT2D eigenvalue weighted by Crippen LogP contribution is 2.33. The van der Waals surface area contributed by atoms with Crippen molar-refractivity contribution >= 4 is 46.2 Å². The van der Waals surface area contributed by atoms with Gasteiger partial charge in [0.1, 0.15) is 5.25 Å². The highest BCUT2D eigenvalue weighted by Gasteiger charge is 2.41. The summed E-state index contributed by atoms with van der Waals surface area (Å²) in [7, 11) is 0. The van der Waals surface area contributed by atoms with Crippen LogP contribution >= 0.6 is 11.8 Å². The number of hydrogen-bond acceptors (Lipinski definition) is 5.